The van der Waals surface area contributed by atoms with Gasteiger partial charge in [-0.25, -0.2) is 0 Å². The zero-order valence-electron chi connectivity index (χ0n) is 16.3. The molecule has 0 fully saturated rings. The van der Waals surface area contributed by atoms with Crippen molar-refractivity contribution in [3.63, 3.8) is 0 Å². The summed E-state index contributed by atoms with van der Waals surface area (Å²) in [7, 11) is 0. The standard InChI is InChI=1S/C10H12.C8H12.C5H12/c1-3-6-10-8-5-4-7-9(10)2;1-4-6-8(3)7-5-2;1-4-5(2)3/h3-8H,1-2H3;4-7H,1H2,2-3H3;5H,4H2,1-3H3/b6-3-;7-5-,8-6-;. The maximum absolute atomic E-state index is 3.57. The lowest BCUT2D eigenvalue weighted by Gasteiger charge is -1.96. The van der Waals surface area contributed by atoms with E-state index in [-0.39, 0.29) is 0 Å². The predicted molar refractivity (Wildman–Crippen MR) is 110 cm³/mol. The summed E-state index contributed by atoms with van der Waals surface area (Å²) in [5, 5.41) is 0. The van der Waals surface area contributed by atoms with E-state index < -0.39 is 0 Å². The van der Waals surface area contributed by atoms with Gasteiger partial charge in [0.1, 0.15) is 0 Å². The molecule has 1 aromatic rings. The van der Waals surface area contributed by atoms with E-state index in [1.165, 1.54) is 23.1 Å². The molecule has 0 amide bonds. The largest absolute Gasteiger partial charge is 0.0991 e. The summed E-state index contributed by atoms with van der Waals surface area (Å²) >= 11 is 0. The molecule has 0 N–H and O–H groups in total. The average molecular weight is 313 g/mol. The molecule has 0 saturated heterocycles. The molecule has 0 spiro atoms. The first-order valence-corrected chi connectivity index (χ1v) is 8.53. The Bertz CT molecular complexity index is 485. The Morgan fingerprint density at radius 2 is 1.70 bits per heavy atom. The zero-order valence-corrected chi connectivity index (χ0v) is 16.3. The first kappa shape index (κ1) is 23.4. The van der Waals surface area contributed by atoms with Gasteiger partial charge in [-0.2, -0.15) is 0 Å². The highest BCUT2D eigenvalue weighted by Crippen LogP contribution is 2.07. The Hall–Kier alpha value is -1.82. The van der Waals surface area contributed by atoms with Gasteiger partial charge >= 0.3 is 0 Å². The van der Waals surface area contributed by atoms with Crippen molar-refractivity contribution in [3.05, 3.63) is 77.9 Å². The van der Waals surface area contributed by atoms with Crippen LogP contribution in [0.4, 0.5) is 0 Å². The van der Waals surface area contributed by atoms with Crippen LogP contribution in [0.2, 0.25) is 0 Å². The summed E-state index contributed by atoms with van der Waals surface area (Å²) in [5.74, 6) is 0.884. The van der Waals surface area contributed by atoms with Gasteiger partial charge < -0.3 is 0 Å². The molecular formula is C23H36. The van der Waals surface area contributed by atoms with Crippen LogP contribution < -0.4 is 0 Å². The van der Waals surface area contributed by atoms with Crippen LogP contribution in [0, 0.1) is 12.8 Å². The van der Waals surface area contributed by atoms with Crippen LogP contribution in [0.1, 0.15) is 59.1 Å². The molecule has 0 unspecified atom stereocenters. The minimum atomic E-state index is 0.884. The Kier molecular flexibility index (Phi) is 16.9. The molecule has 0 aliphatic carbocycles. The van der Waals surface area contributed by atoms with Crippen molar-refractivity contribution in [2.75, 3.05) is 0 Å². The van der Waals surface area contributed by atoms with E-state index >= 15 is 0 Å². The molecule has 0 aromatic heterocycles. The van der Waals surface area contributed by atoms with E-state index in [0.717, 1.165) is 5.92 Å². The molecule has 0 nitrogen and oxygen atoms in total. The molecule has 1 rings (SSSR count). The summed E-state index contributed by atoms with van der Waals surface area (Å²) < 4.78 is 0. The lowest BCUT2D eigenvalue weighted by molar-refractivity contribution is 0.626. The van der Waals surface area contributed by atoms with Crippen LogP contribution in [-0.4, -0.2) is 0 Å². The lowest BCUT2D eigenvalue weighted by Crippen LogP contribution is -1.77. The molecule has 0 heterocycles. The van der Waals surface area contributed by atoms with Crippen LogP contribution in [0.25, 0.3) is 6.08 Å². The minimum absolute atomic E-state index is 0.884. The van der Waals surface area contributed by atoms with Gasteiger partial charge in [-0.1, -0.05) is 100 Å². The van der Waals surface area contributed by atoms with Crippen molar-refractivity contribution in [3.8, 4) is 0 Å². The lowest BCUT2D eigenvalue weighted by atomic mass is 10.1. The van der Waals surface area contributed by atoms with Crippen LogP contribution in [-0.2, 0) is 0 Å². The highest BCUT2D eigenvalue weighted by molar-refractivity contribution is 5.52. The van der Waals surface area contributed by atoms with E-state index in [2.05, 4.69) is 70.7 Å². The fraction of sp³-hybridized carbons (Fsp3) is 0.391. The molecular weight excluding hydrogens is 276 g/mol. The van der Waals surface area contributed by atoms with Gasteiger partial charge in [0.2, 0.25) is 0 Å². The Labute approximate surface area is 145 Å². The van der Waals surface area contributed by atoms with Crippen molar-refractivity contribution in [2.24, 2.45) is 5.92 Å². The fourth-order valence-corrected chi connectivity index (χ4v) is 1.46. The number of aryl methyl sites for hydroxylation is 1. The second-order valence-corrected chi connectivity index (χ2v) is 5.81. The van der Waals surface area contributed by atoms with E-state index in [9.17, 15) is 0 Å². The third-order valence-corrected chi connectivity index (χ3v) is 3.16. The summed E-state index contributed by atoms with van der Waals surface area (Å²) in [6.45, 7) is 18.4. The maximum atomic E-state index is 3.57. The maximum Gasteiger partial charge on any atom is -0.0231 e. The third kappa shape index (κ3) is 16.4. The van der Waals surface area contributed by atoms with E-state index in [4.69, 9.17) is 0 Å². The summed E-state index contributed by atoms with van der Waals surface area (Å²) in [4.78, 5) is 0. The molecule has 1 aromatic carbocycles. The SMILES string of the molecule is C/C=C\c1ccccc1C.C=C/C=C(C)\C=C/C.CCC(C)C. The van der Waals surface area contributed by atoms with E-state index in [1.54, 1.807) is 6.08 Å². The second kappa shape index (κ2) is 16.5. The van der Waals surface area contributed by atoms with Crippen LogP contribution in [0.3, 0.4) is 0 Å². The van der Waals surface area contributed by atoms with Crippen molar-refractivity contribution >= 4 is 6.08 Å². The quantitative estimate of drug-likeness (QED) is 0.498. The first-order valence-electron chi connectivity index (χ1n) is 8.53. The van der Waals surface area contributed by atoms with Crippen molar-refractivity contribution in [2.45, 2.75) is 54.9 Å². The molecule has 0 heteroatoms. The normalized spacial score (nSPS) is 11.0. The van der Waals surface area contributed by atoms with Crippen molar-refractivity contribution in [1.82, 2.24) is 0 Å². The number of hydrogen-bond donors (Lipinski definition) is 0. The predicted octanol–water partition coefficient (Wildman–Crippen LogP) is 7.78. The molecule has 0 saturated carbocycles. The van der Waals surface area contributed by atoms with E-state index in [0.29, 0.717) is 0 Å². The Morgan fingerprint density at radius 3 is 2.09 bits per heavy atom. The first-order chi connectivity index (χ1) is 10.9. The smallest absolute Gasteiger partial charge is 0.0231 e. The Balaban J connectivity index is 0. The third-order valence-electron chi connectivity index (χ3n) is 3.16. The topological polar surface area (TPSA) is 0 Å². The summed E-state index contributed by atoms with van der Waals surface area (Å²) in [6, 6.07) is 8.36. The monoisotopic (exact) mass is 312 g/mol. The van der Waals surface area contributed by atoms with Crippen LogP contribution in [0.5, 0.6) is 0 Å². The van der Waals surface area contributed by atoms with Gasteiger partial charge in [0.25, 0.3) is 0 Å². The molecule has 23 heavy (non-hydrogen) atoms. The fourth-order valence-electron chi connectivity index (χ4n) is 1.46. The number of rotatable bonds is 4. The van der Waals surface area contributed by atoms with Gasteiger partial charge in [0.05, 0.1) is 0 Å². The van der Waals surface area contributed by atoms with Crippen LogP contribution >= 0.6 is 0 Å². The van der Waals surface area contributed by atoms with Gasteiger partial charge in [-0.05, 0) is 44.7 Å². The number of allylic oxidation sites excluding steroid dienone is 6. The summed E-state index contributed by atoms with van der Waals surface area (Å²) in [6.07, 6.45) is 13.3. The molecule has 0 atom stereocenters. The van der Waals surface area contributed by atoms with Gasteiger partial charge in [-0.15, -0.1) is 0 Å². The van der Waals surface area contributed by atoms with Crippen molar-refractivity contribution in [1.29, 1.82) is 0 Å². The van der Waals surface area contributed by atoms with Crippen molar-refractivity contribution < 1.29 is 0 Å². The number of hydrogen-bond acceptors (Lipinski definition) is 0. The number of benzene rings is 1. The van der Waals surface area contributed by atoms with Gasteiger partial charge in [0.15, 0.2) is 0 Å². The van der Waals surface area contributed by atoms with Crippen LogP contribution in [0.15, 0.2) is 66.8 Å². The van der Waals surface area contributed by atoms with Gasteiger partial charge in [0, 0.05) is 0 Å². The van der Waals surface area contributed by atoms with Gasteiger partial charge in [-0.3, -0.25) is 0 Å². The minimum Gasteiger partial charge on any atom is -0.0991 e. The molecule has 0 radical (unpaired) electrons. The molecule has 0 bridgehead atoms. The molecule has 0 aliphatic rings. The second-order valence-electron chi connectivity index (χ2n) is 5.81. The summed E-state index contributed by atoms with van der Waals surface area (Å²) in [5.41, 5.74) is 3.88. The van der Waals surface area contributed by atoms with E-state index in [1.807, 2.05) is 39.0 Å². The zero-order chi connectivity index (χ0) is 18.1. The highest BCUT2D eigenvalue weighted by atomic mass is 13.9. The molecule has 128 valence electrons. The average Bonchev–Trinajstić information content (AvgIpc) is 2.51. The molecule has 0 aliphatic heterocycles. The highest BCUT2D eigenvalue weighted by Gasteiger charge is 1.87. The Morgan fingerprint density at radius 1 is 1.13 bits per heavy atom.